The van der Waals surface area contributed by atoms with Crippen molar-refractivity contribution < 1.29 is 9.53 Å². The second-order valence-corrected chi connectivity index (χ2v) is 6.36. The van der Waals surface area contributed by atoms with Gasteiger partial charge in [-0.2, -0.15) is 0 Å². The minimum absolute atomic E-state index is 0.132. The number of amides is 1. The van der Waals surface area contributed by atoms with Crippen molar-refractivity contribution in [1.29, 1.82) is 0 Å². The van der Waals surface area contributed by atoms with Crippen LogP contribution >= 0.6 is 0 Å². The highest BCUT2D eigenvalue weighted by molar-refractivity contribution is 5.92. The van der Waals surface area contributed by atoms with Crippen LogP contribution in [0.1, 0.15) is 43.0 Å². The number of aryl methyl sites for hydroxylation is 1. The van der Waals surface area contributed by atoms with E-state index in [9.17, 15) is 4.79 Å². The smallest absolute Gasteiger partial charge is 0.270 e. The van der Waals surface area contributed by atoms with Crippen LogP contribution < -0.4 is 10.2 Å². The third-order valence-corrected chi connectivity index (χ3v) is 4.19. The van der Waals surface area contributed by atoms with Crippen LogP contribution in [0.15, 0.2) is 6.07 Å². The van der Waals surface area contributed by atoms with Gasteiger partial charge in [-0.15, -0.1) is 0 Å². The van der Waals surface area contributed by atoms with Gasteiger partial charge in [0.25, 0.3) is 5.91 Å². The van der Waals surface area contributed by atoms with Gasteiger partial charge < -0.3 is 15.0 Å². The molecule has 1 fully saturated rings. The number of hydrogen-bond acceptors (Lipinski definition) is 6. The van der Waals surface area contributed by atoms with Gasteiger partial charge in [0.1, 0.15) is 17.3 Å². The van der Waals surface area contributed by atoms with Crippen LogP contribution in [0.3, 0.4) is 0 Å². The molecule has 1 aromatic heterocycles. The highest BCUT2D eigenvalue weighted by atomic mass is 16.5. The number of anilines is 1. The topological polar surface area (TPSA) is 70.6 Å². The molecule has 25 heavy (non-hydrogen) atoms. The van der Waals surface area contributed by atoms with Crippen molar-refractivity contribution in [3.63, 3.8) is 0 Å². The van der Waals surface area contributed by atoms with Crippen LogP contribution in [0.4, 0.5) is 5.82 Å². The predicted molar refractivity (Wildman–Crippen MR) is 99.2 cm³/mol. The number of rotatable bonds is 9. The second-order valence-electron chi connectivity index (χ2n) is 6.36. The van der Waals surface area contributed by atoms with E-state index in [2.05, 4.69) is 38.9 Å². The average molecular weight is 349 g/mol. The quantitative estimate of drug-likeness (QED) is 0.728. The van der Waals surface area contributed by atoms with Crippen LogP contribution in [0, 0.1) is 6.92 Å². The summed E-state index contributed by atoms with van der Waals surface area (Å²) in [6, 6.07) is 1.81. The number of aromatic nitrogens is 2. The summed E-state index contributed by atoms with van der Waals surface area (Å²) in [7, 11) is 0. The fourth-order valence-corrected chi connectivity index (χ4v) is 2.95. The summed E-state index contributed by atoms with van der Waals surface area (Å²) in [5, 5.41) is 2.97. The van der Waals surface area contributed by atoms with Crippen molar-refractivity contribution in [2.75, 3.05) is 57.4 Å². The first-order valence-electron chi connectivity index (χ1n) is 9.33. The number of nitrogens with zero attached hydrogens (tertiary/aromatic N) is 4. The highest BCUT2D eigenvalue weighted by Gasteiger charge is 2.15. The summed E-state index contributed by atoms with van der Waals surface area (Å²) in [6.07, 6.45) is 2.09. The summed E-state index contributed by atoms with van der Waals surface area (Å²) in [5.74, 6) is 1.34. The Morgan fingerprint density at radius 2 is 1.92 bits per heavy atom. The van der Waals surface area contributed by atoms with Crippen LogP contribution in [0.25, 0.3) is 0 Å². The Morgan fingerprint density at radius 1 is 1.24 bits per heavy atom. The number of nitrogens with one attached hydrogen (secondary N) is 1. The molecule has 7 nitrogen and oxygen atoms in total. The Balaban J connectivity index is 1.96. The minimum atomic E-state index is -0.132. The van der Waals surface area contributed by atoms with E-state index in [4.69, 9.17) is 4.74 Å². The summed E-state index contributed by atoms with van der Waals surface area (Å²) in [4.78, 5) is 25.8. The van der Waals surface area contributed by atoms with Crippen molar-refractivity contribution in [2.24, 2.45) is 0 Å². The molecule has 140 valence electrons. The summed E-state index contributed by atoms with van der Waals surface area (Å²) >= 11 is 0. The Hall–Kier alpha value is -1.73. The number of carbonyl (C=O) groups is 1. The van der Waals surface area contributed by atoms with Gasteiger partial charge in [-0.3, -0.25) is 9.69 Å². The monoisotopic (exact) mass is 349 g/mol. The number of morpholine rings is 1. The molecule has 0 unspecified atom stereocenters. The first-order valence-corrected chi connectivity index (χ1v) is 9.33. The maximum absolute atomic E-state index is 12.5. The average Bonchev–Trinajstić information content (AvgIpc) is 2.62. The van der Waals surface area contributed by atoms with E-state index in [1.165, 1.54) is 0 Å². The zero-order chi connectivity index (χ0) is 18.1. The Morgan fingerprint density at radius 3 is 2.56 bits per heavy atom. The van der Waals surface area contributed by atoms with Gasteiger partial charge in [0.2, 0.25) is 0 Å². The van der Waals surface area contributed by atoms with Crippen molar-refractivity contribution in [1.82, 2.24) is 20.2 Å². The summed E-state index contributed by atoms with van der Waals surface area (Å²) in [6.45, 7) is 12.8. The molecule has 1 amide bonds. The SMILES string of the molecule is CCCN(CCC)c1cc(C(=O)NCCN2CCOCC2)nc(C)n1. The number of ether oxygens (including phenoxy) is 1. The van der Waals surface area contributed by atoms with Gasteiger partial charge >= 0.3 is 0 Å². The van der Waals surface area contributed by atoms with Crippen LogP contribution in [0.5, 0.6) is 0 Å². The molecule has 1 aliphatic heterocycles. The van der Waals surface area contributed by atoms with Crippen LogP contribution in [-0.4, -0.2) is 73.3 Å². The second kappa shape index (κ2) is 10.3. The Labute approximate surface area is 150 Å². The van der Waals surface area contributed by atoms with E-state index < -0.39 is 0 Å². The number of hydrogen-bond donors (Lipinski definition) is 1. The maximum atomic E-state index is 12.5. The molecule has 0 bridgehead atoms. The molecule has 1 N–H and O–H groups in total. The van der Waals surface area contributed by atoms with E-state index in [1.54, 1.807) is 0 Å². The van der Waals surface area contributed by atoms with Gasteiger partial charge in [-0.1, -0.05) is 13.8 Å². The van der Waals surface area contributed by atoms with Crippen molar-refractivity contribution in [2.45, 2.75) is 33.6 Å². The lowest BCUT2D eigenvalue weighted by Gasteiger charge is -2.26. The first-order chi connectivity index (χ1) is 12.1. The number of carbonyl (C=O) groups excluding carboxylic acids is 1. The Bertz CT molecular complexity index is 540. The molecule has 0 radical (unpaired) electrons. The normalized spacial score (nSPS) is 15.2. The Kier molecular flexibility index (Phi) is 8.08. The fourth-order valence-electron chi connectivity index (χ4n) is 2.95. The highest BCUT2D eigenvalue weighted by Crippen LogP contribution is 2.14. The van der Waals surface area contributed by atoms with E-state index in [0.717, 1.165) is 64.6 Å². The van der Waals surface area contributed by atoms with Gasteiger partial charge in [-0.05, 0) is 19.8 Å². The largest absolute Gasteiger partial charge is 0.379 e. The van der Waals surface area contributed by atoms with Gasteiger partial charge in [0.05, 0.1) is 13.2 Å². The third-order valence-electron chi connectivity index (χ3n) is 4.19. The summed E-state index contributed by atoms with van der Waals surface area (Å²) in [5.41, 5.74) is 0.446. The molecule has 0 spiro atoms. The third kappa shape index (κ3) is 6.25. The van der Waals surface area contributed by atoms with Gasteiger partial charge in [-0.25, -0.2) is 9.97 Å². The summed E-state index contributed by atoms with van der Waals surface area (Å²) < 4.78 is 5.33. The molecule has 1 saturated heterocycles. The molecular formula is C18H31N5O2. The van der Waals surface area contributed by atoms with E-state index in [0.29, 0.717) is 18.1 Å². The van der Waals surface area contributed by atoms with E-state index in [-0.39, 0.29) is 5.91 Å². The van der Waals surface area contributed by atoms with Crippen molar-refractivity contribution >= 4 is 11.7 Å². The van der Waals surface area contributed by atoms with E-state index in [1.807, 2.05) is 13.0 Å². The molecule has 0 aliphatic carbocycles. The van der Waals surface area contributed by atoms with Crippen LogP contribution in [0.2, 0.25) is 0 Å². The molecule has 0 aromatic carbocycles. The predicted octanol–water partition coefficient (Wildman–Crippen LogP) is 1.47. The van der Waals surface area contributed by atoms with Crippen molar-refractivity contribution in [3.05, 3.63) is 17.6 Å². The zero-order valence-corrected chi connectivity index (χ0v) is 15.8. The van der Waals surface area contributed by atoms with Gasteiger partial charge in [0, 0.05) is 45.3 Å². The molecule has 2 rings (SSSR count). The maximum Gasteiger partial charge on any atom is 0.270 e. The van der Waals surface area contributed by atoms with Crippen molar-refractivity contribution in [3.8, 4) is 0 Å². The molecule has 2 heterocycles. The molecule has 1 aliphatic rings. The zero-order valence-electron chi connectivity index (χ0n) is 15.8. The molecular weight excluding hydrogens is 318 g/mol. The molecule has 7 heteroatoms. The first kappa shape index (κ1) is 19.6. The molecule has 0 atom stereocenters. The van der Waals surface area contributed by atoms with Gasteiger partial charge in [0.15, 0.2) is 0 Å². The van der Waals surface area contributed by atoms with E-state index >= 15 is 0 Å². The standard InChI is InChI=1S/C18H31N5O2/c1-4-7-23(8-5-2)17-14-16(20-15(3)21-17)18(24)19-6-9-22-10-12-25-13-11-22/h14H,4-13H2,1-3H3,(H,19,24). The lowest BCUT2D eigenvalue weighted by atomic mass is 10.3. The minimum Gasteiger partial charge on any atom is -0.379 e. The lowest BCUT2D eigenvalue weighted by molar-refractivity contribution is 0.0383. The molecule has 0 saturated carbocycles. The lowest BCUT2D eigenvalue weighted by Crippen LogP contribution is -2.41. The fraction of sp³-hybridized carbons (Fsp3) is 0.722. The van der Waals surface area contributed by atoms with Crippen LogP contribution in [-0.2, 0) is 4.74 Å². The molecule has 1 aromatic rings.